The Kier molecular flexibility index (Phi) is 7.01. The summed E-state index contributed by atoms with van der Waals surface area (Å²) in [5.74, 6) is 0. The highest BCUT2D eigenvalue weighted by molar-refractivity contribution is 5.68. The average molecular weight is 309 g/mol. The molecule has 7 heteroatoms. The van der Waals surface area contributed by atoms with Crippen molar-refractivity contribution >= 4 is 17.9 Å². The molecule has 2 N–H and O–H groups in total. The number of nitrogen functional groups attached to an aromatic ring is 1. The molecule has 122 valence electrons. The van der Waals surface area contributed by atoms with Crippen molar-refractivity contribution in [2.45, 2.75) is 13.5 Å². The van der Waals surface area contributed by atoms with E-state index in [2.05, 4.69) is 0 Å². The van der Waals surface area contributed by atoms with Crippen molar-refractivity contribution in [3.63, 3.8) is 0 Å². The third-order valence-electron chi connectivity index (χ3n) is 3.00. The van der Waals surface area contributed by atoms with E-state index in [1.165, 1.54) is 9.80 Å². The molecular formula is C15H23N3O4. The molecule has 0 saturated carbocycles. The van der Waals surface area contributed by atoms with Gasteiger partial charge in [0.15, 0.2) is 0 Å². The first kappa shape index (κ1) is 17.6. The van der Waals surface area contributed by atoms with Crippen molar-refractivity contribution in [3.8, 4) is 0 Å². The fourth-order valence-corrected chi connectivity index (χ4v) is 1.59. The topological polar surface area (TPSA) is 85.1 Å². The molecule has 0 saturated heterocycles. The van der Waals surface area contributed by atoms with E-state index in [1.54, 1.807) is 45.3 Å². The average Bonchev–Trinajstić information content (AvgIpc) is 2.51. The summed E-state index contributed by atoms with van der Waals surface area (Å²) in [6.45, 7) is 2.97. The van der Waals surface area contributed by atoms with E-state index < -0.39 is 12.2 Å². The van der Waals surface area contributed by atoms with Crippen LogP contribution in [0.25, 0.3) is 0 Å². The fourth-order valence-electron chi connectivity index (χ4n) is 1.59. The van der Waals surface area contributed by atoms with Gasteiger partial charge in [-0.25, -0.2) is 9.59 Å². The predicted octanol–water partition coefficient (Wildman–Crippen LogP) is 1.93. The summed E-state index contributed by atoms with van der Waals surface area (Å²) in [6, 6.07) is 7.11. The molecule has 0 fully saturated rings. The smallest absolute Gasteiger partial charge is 0.409 e. The third kappa shape index (κ3) is 5.90. The van der Waals surface area contributed by atoms with Crippen LogP contribution in [0, 0.1) is 0 Å². The van der Waals surface area contributed by atoms with Gasteiger partial charge in [-0.2, -0.15) is 0 Å². The van der Waals surface area contributed by atoms with Gasteiger partial charge < -0.3 is 25.0 Å². The van der Waals surface area contributed by atoms with Crippen LogP contribution in [0.5, 0.6) is 0 Å². The number of carbonyl (C=O) groups is 2. The zero-order valence-corrected chi connectivity index (χ0v) is 13.2. The minimum absolute atomic E-state index is 0.178. The highest BCUT2D eigenvalue weighted by atomic mass is 16.6. The largest absolute Gasteiger partial charge is 0.450 e. The van der Waals surface area contributed by atoms with Crippen molar-refractivity contribution in [2.24, 2.45) is 0 Å². The van der Waals surface area contributed by atoms with Gasteiger partial charge >= 0.3 is 12.2 Å². The van der Waals surface area contributed by atoms with Crippen LogP contribution in [-0.2, 0) is 16.1 Å². The van der Waals surface area contributed by atoms with Crippen LogP contribution in [0.2, 0.25) is 0 Å². The van der Waals surface area contributed by atoms with Gasteiger partial charge in [-0.3, -0.25) is 0 Å². The number of nitrogens with two attached hydrogens (primary N) is 1. The Morgan fingerprint density at radius 1 is 1.00 bits per heavy atom. The number of rotatable bonds is 6. The molecule has 0 unspecified atom stereocenters. The van der Waals surface area contributed by atoms with Gasteiger partial charge in [-0.15, -0.1) is 0 Å². The molecule has 2 amide bonds. The molecule has 0 radical (unpaired) electrons. The Morgan fingerprint density at radius 2 is 1.50 bits per heavy atom. The number of nitrogens with zero attached hydrogens (tertiary/aromatic N) is 2. The lowest BCUT2D eigenvalue weighted by molar-refractivity contribution is 0.0939. The third-order valence-corrected chi connectivity index (χ3v) is 3.00. The Balaban J connectivity index is 2.32. The number of likely N-dealkylation sites (N-methyl/N-ethyl adjacent to an activating group) is 2. The summed E-state index contributed by atoms with van der Waals surface area (Å²) in [6.07, 6.45) is -0.861. The lowest BCUT2D eigenvalue weighted by atomic mass is 10.2. The van der Waals surface area contributed by atoms with E-state index in [9.17, 15) is 9.59 Å². The Hall–Kier alpha value is -2.44. The van der Waals surface area contributed by atoms with Crippen LogP contribution in [0.3, 0.4) is 0 Å². The first-order valence-electron chi connectivity index (χ1n) is 7.04. The van der Waals surface area contributed by atoms with E-state index in [4.69, 9.17) is 15.2 Å². The molecule has 0 aliphatic rings. The lowest BCUT2D eigenvalue weighted by Crippen LogP contribution is -2.37. The van der Waals surface area contributed by atoms with Crippen LogP contribution in [0.1, 0.15) is 12.5 Å². The van der Waals surface area contributed by atoms with Gasteiger partial charge in [0.1, 0.15) is 6.61 Å². The Labute approximate surface area is 130 Å². The van der Waals surface area contributed by atoms with Crippen LogP contribution >= 0.6 is 0 Å². The van der Waals surface area contributed by atoms with Gasteiger partial charge in [0.2, 0.25) is 0 Å². The molecule has 7 nitrogen and oxygen atoms in total. The summed E-state index contributed by atoms with van der Waals surface area (Å²) in [7, 11) is 3.23. The van der Waals surface area contributed by atoms with E-state index in [0.29, 0.717) is 25.4 Å². The molecule has 1 aromatic carbocycles. The number of amides is 2. The number of anilines is 1. The molecular weight excluding hydrogens is 286 g/mol. The second-order valence-electron chi connectivity index (χ2n) is 4.84. The van der Waals surface area contributed by atoms with Crippen LogP contribution in [0.15, 0.2) is 24.3 Å². The molecule has 0 spiro atoms. The van der Waals surface area contributed by atoms with Gasteiger partial charge in [-0.05, 0) is 24.6 Å². The van der Waals surface area contributed by atoms with Crippen molar-refractivity contribution in [2.75, 3.05) is 39.5 Å². The maximum Gasteiger partial charge on any atom is 0.409 e. The molecule has 0 aromatic heterocycles. The number of benzene rings is 1. The van der Waals surface area contributed by atoms with Crippen molar-refractivity contribution in [1.29, 1.82) is 0 Å². The van der Waals surface area contributed by atoms with Gasteiger partial charge in [0.25, 0.3) is 0 Å². The standard InChI is InChI=1S/C15H23N3O4/c1-4-21-14(19)17(2)9-10-18(3)15(20)22-11-12-5-7-13(16)8-6-12/h5-8H,4,9-11,16H2,1-3H3. The van der Waals surface area contributed by atoms with Crippen LogP contribution < -0.4 is 5.73 Å². The second-order valence-corrected chi connectivity index (χ2v) is 4.84. The van der Waals surface area contributed by atoms with Gasteiger partial charge in [0, 0.05) is 32.9 Å². The number of hydrogen-bond acceptors (Lipinski definition) is 5. The van der Waals surface area contributed by atoms with E-state index in [1.807, 2.05) is 0 Å². The van der Waals surface area contributed by atoms with E-state index >= 15 is 0 Å². The summed E-state index contributed by atoms with van der Waals surface area (Å²) in [5, 5.41) is 0. The SMILES string of the molecule is CCOC(=O)N(C)CCN(C)C(=O)OCc1ccc(N)cc1. The maximum atomic E-state index is 11.8. The normalized spacial score (nSPS) is 9.95. The maximum absolute atomic E-state index is 11.8. The quantitative estimate of drug-likeness (QED) is 0.812. The van der Waals surface area contributed by atoms with Gasteiger partial charge in [0.05, 0.1) is 6.61 Å². The summed E-state index contributed by atoms with van der Waals surface area (Å²) < 4.78 is 10.0. The molecule has 0 aliphatic carbocycles. The molecule has 0 bridgehead atoms. The van der Waals surface area contributed by atoms with Crippen LogP contribution in [-0.4, -0.2) is 55.8 Å². The number of ether oxygens (including phenoxy) is 2. The zero-order chi connectivity index (χ0) is 16.5. The highest BCUT2D eigenvalue weighted by Gasteiger charge is 2.14. The van der Waals surface area contributed by atoms with Crippen molar-refractivity contribution in [1.82, 2.24) is 9.80 Å². The van der Waals surface area contributed by atoms with E-state index in [-0.39, 0.29) is 6.61 Å². The summed E-state index contributed by atoms with van der Waals surface area (Å²) in [5.41, 5.74) is 7.11. The molecule has 1 rings (SSSR count). The predicted molar refractivity (Wildman–Crippen MR) is 83.3 cm³/mol. The first-order valence-corrected chi connectivity index (χ1v) is 7.04. The van der Waals surface area contributed by atoms with Crippen LogP contribution in [0.4, 0.5) is 15.3 Å². The lowest BCUT2D eigenvalue weighted by Gasteiger charge is -2.21. The molecule has 0 aliphatic heterocycles. The molecule has 0 atom stereocenters. The first-order chi connectivity index (χ1) is 10.4. The monoisotopic (exact) mass is 309 g/mol. The second kappa shape index (κ2) is 8.76. The minimum Gasteiger partial charge on any atom is -0.450 e. The Bertz CT molecular complexity index is 490. The summed E-state index contributed by atoms with van der Waals surface area (Å²) >= 11 is 0. The molecule has 22 heavy (non-hydrogen) atoms. The van der Waals surface area contributed by atoms with E-state index in [0.717, 1.165) is 5.56 Å². The number of hydrogen-bond donors (Lipinski definition) is 1. The Morgan fingerprint density at radius 3 is 2.00 bits per heavy atom. The molecule has 0 heterocycles. The van der Waals surface area contributed by atoms with Crippen molar-refractivity contribution < 1.29 is 19.1 Å². The minimum atomic E-state index is -0.450. The summed E-state index contributed by atoms with van der Waals surface area (Å²) in [4.78, 5) is 26.1. The van der Waals surface area contributed by atoms with Gasteiger partial charge in [-0.1, -0.05) is 12.1 Å². The highest BCUT2D eigenvalue weighted by Crippen LogP contribution is 2.07. The van der Waals surface area contributed by atoms with Crippen molar-refractivity contribution in [3.05, 3.63) is 29.8 Å². The number of carbonyl (C=O) groups excluding carboxylic acids is 2. The fraction of sp³-hybridized carbons (Fsp3) is 0.467. The molecule has 1 aromatic rings. The zero-order valence-electron chi connectivity index (χ0n) is 13.2.